The van der Waals surface area contributed by atoms with E-state index in [0.29, 0.717) is 28.4 Å². The van der Waals surface area contributed by atoms with Crippen LogP contribution in [0.3, 0.4) is 0 Å². The highest BCUT2D eigenvalue weighted by atomic mass is 35.5. The predicted molar refractivity (Wildman–Crippen MR) is 78.8 cm³/mol. The Hall–Kier alpha value is -0.440. The topological polar surface area (TPSA) is 21.3 Å². The van der Waals surface area contributed by atoms with E-state index in [1.54, 1.807) is 0 Å². The van der Waals surface area contributed by atoms with Gasteiger partial charge in [0, 0.05) is 12.6 Å². The van der Waals surface area contributed by atoms with E-state index in [1.165, 1.54) is 0 Å². The molecular formula is C14H21Cl2NO. The summed E-state index contributed by atoms with van der Waals surface area (Å²) in [4.78, 5) is 0. The molecule has 0 saturated carbocycles. The molecule has 0 bridgehead atoms. The van der Waals surface area contributed by atoms with Gasteiger partial charge in [-0.25, -0.2) is 0 Å². The van der Waals surface area contributed by atoms with Crippen LogP contribution in [-0.2, 0) is 6.54 Å². The van der Waals surface area contributed by atoms with Gasteiger partial charge < -0.3 is 10.1 Å². The summed E-state index contributed by atoms with van der Waals surface area (Å²) in [5, 5.41) is 4.57. The molecule has 2 nitrogen and oxygen atoms in total. The highest BCUT2D eigenvalue weighted by Crippen LogP contribution is 2.34. The summed E-state index contributed by atoms with van der Waals surface area (Å²) in [5.74, 6) is 0.590. The lowest BCUT2D eigenvalue weighted by Crippen LogP contribution is -2.24. The molecule has 0 aromatic heterocycles. The first kappa shape index (κ1) is 15.6. The highest BCUT2D eigenvalue weighted by Gasteiger charge is 2.10. The van der Waals surface area contributed by atoms with Crippen LogP contribution in [0.4, 0.5) is 0 Å². The standard InChI is InChI=1S/C14H21Cl2NO/c1-4-6-18-14-12(15)7-11(8-13(14)16)9-17-10(3)5-2/h7-8,10,17H,4-6,9H2,1-3H3. The summed E-state index contributed by atoms with van der Waals surface area (Å²) in [6.45, 7) is 7.75. The second kappa shape index (κ2) is 7.88. The zero-order valence-electron chi connectivity index (χ0n) is 11.2. The van der Waals surface area contributed by atoms with Gasteiger partial charge in [0.2, 0.25) is 0 Å². The van der Waals surface area contributed by atoms with E-state index in [0.717, 1.165) is 24.9 Å². The number of hydrogen-bond donors (Lipinski definition) is 1. The van der Waals surface area contributed by atoms with Crippen molar-refractivity contribution < 1.29 is 4.74 Å². The summed E-state index contributed by atoms with van der Waals surface area (Å²) in [5.41, 5.74) is 1.08. The third-order valence-corrected chi connectivity index (χ3v) is 3.34. The maximum absolute atomic E-state index is 6.18. The van der Waals surface area contributed by atoms with Crippen LogP contribution in [-0.4, -0.2) is 12.6 Å². The van der Waals surface area contributed by atoms with Crippen molar-refractivity contribution >= 4 is 23.2 Å². The average molecular weight is 290 g/mol. The molecule has 102 valence electrons. The number of ether oxygens (including phenoxy) is 1. The molecule has 0 amide bonds. The van der Waals surface area contributed by atoms with E-state index < -0.39 is 0 Å². The van der Waals surface area contributed by atoms with Gasteiger partial charge in [-0.15, -0.1) is 0 Å². The molecule has 1 aromatic carbocycles. The third kappa shape index (κ3) is 4.68. The van der Waals surface area contributed by atoms with Gasteiger partial charge in [-0.1, -0.05) is 37.0 Å². The zero-order chi connectivity index (χ0) is 13.5. The predicted octanol–water partition coefficient (Wildman–Crippen LogP) is 4.67. The molecule has 18 heavy (non-hydrogen) atoms. The Morgan fingerprint density at radius 2 is 1.83 bits per heavy atom. The molecule has 1 N–H and O–H groups in total. The fourth-order valence-corrected chi connectivity index (χ4v) is 2.13. The lowest BCUT2D eigenvalue weighted by atomic mass is 10.2. The number of benzene rings is 1. The van der Waals surface area contributed by atoms with E-state index in [2.05, 4.69) is 19.2 Å². The van der Waals surface area contributed by atoms with E-state index in [1.807, 2.05) is 19.1 Å². The van der Waals surface area contributed by atoms with Crippen molar-refractivity contribution in [3.05, 3.63) is 27.7 Å². The molecule has 0 aliphatic rings. The van der Waals surface area contributed by atoms with Crippen LogP contribution in [0, 0.1) is 0 Å². The van der Waals surface area contributed by atoms with Crippen LogP contribution in [0.15, 0.2) is 12.1 Å². The first-order valence-electron chi connectivity index (χ1n) is 6.42. The van der Waals surface area contributed by atoms with Crippen molar-refractivity contribution in [2.45, 2.75) is 46.2 Å². The Balaban J connectivity index is 2.73. The summed E-state index contributed by atoms with van der Waals surface area (Å²) >= 11 is 12.4. The number of halogens is 2. The third-order valence-electron chi connectivity index (χ3n) is 2.78. The van der Waals surface area contributed by atoms with Gasteiger partial charge in [-0.3, -0.25) is 0 Å². The van der Waals surface area contributed by atoms with Crippen molar-refractivity contribution in [1.82, 2.24) is 5.32 Å². The SMILES string of the molecule is CCCOc1c(Cl)cc(CNC(C)CC)cc1Cl. The molecule has 0 spiro atoms. The lowest BCUT2D eigenvalue weighted by molar-refractivity contribution is 0.317. The van der Waals surface area contributed by atoms with Crippen molar-refractivity contribution in [3.8, 4) is 5.75 Å². The van der Waals surface area contributed by atoms with Crippen LogP contribution in [0.5, 0.6) is 5.75 Å². The summed E-state index contributed by atoms with van der Waals surface area (Å²) in [6, 6.07) is 4.31. The molecule has 0 saturated heterocycles. The minimum absolute atomic E-state index is 0.485. The van der Waals surface area contributed by atoms with Crippen molar-refractivity contribution in [2.75, 3.05) is 6.61 Å². The van der Waals surface area contributed by atoms with E-state index in [4.69, 9.17) is 27.9 Å². The summed E-state index contributed by atoms with van der Waals surface area (Å²) < 4.78 is 5.53. The second-order valence-corrected chi connectivity index (χ2v) is 5.24. The van der Waals surface area contributed by atoms with Gasteiger partial charge in [0.15, 0.2) is 5.75 Å². The Kier molecular flexibility index (Phi) is 6.83. The number of rotatable bonds is 7. The molecule has 1 atom stereocenters. The van der Waals surface area contributed by atoms with Crippen LogP contribution < -0.4 is 10.1 Å². The van der Waals surface area contributed by atoms with Crippen molar-refractivity contribution in [1.29, 1.82) is 0 Å². The quantitative estimate of drug-likeness (QED) is 0.788. The van der Waals surface area contributed by atoms with Gasteiger partial charge >= 0.3 is 0 Å². The Morgan fingerprint density at radius 3 is 2.33 bits per heavy atom. The molecule has 0 aliphatic heterocycles. The van der Waals surface area contributed by atoms with Gasteiger partial charge in [-0.05, 0) is 37.5 Å². The Labute approximate surface area is 120 Å². The smallest absolute Gasteiger partial charge is 0.156 e. The molecule has 4 heteroatoms. The van der Waals surface area contributed by atoms with Gasteiger partial charge in [-0.2, -0.15) is 0 Å². The van der Waals surface area contributed by atoms with Crippen LogP contribution >= 0.6 is 23.2 Å². The number of nitrogens with one attached hydrogen (secondary N) is 1. The van der Waals surface area contributed by atoms with E-state index in [-0.39, 0.29) is 0 Å². The monoisotopic (exact) mass is 289 g/mol. The Morgan fingerprint density at radius 1 is 1.22 bits per heavy atom. The fraction of sp³-hybridized carbons (Fsp3) is 0.571. The highest BCUT2D eigenvalue weighted by molar-refractivity contribution is 6.37. The lowest BCUT2D eigenvalue weighted by Gasteiger charge is -2.14. The van der Waals surface area contributed by atoms with Crippen molar-refractivity contribution in [3.63, 3.8) is 0 Å². The molecular weight excluding hydrogens is 269 g/mol. The first-order chi connectivity index (χ1) is 8.58. The maximum Gasteiger partial charge on any atom is 0.156 e. The fourth-order valence-electron chi connectivity index (χ4n) is 1.49. The van der Waals surface area contributed by atoms with Gasteiger partial charge in [0.05, 0.1) is 16.7 Å². The minimum atomic E-state index is 0.485. The van der Waals surface area contributed by atoms with Crippen LogP contribution in [0.25, 0.3) is 0 Å². The Bertz CT molecular complexity index is 359. The second-order valence-electron chi connectivity index (χ2n) is 4.43. The normalized spacial score (nSPS) is 12.5. The molecule has 0 heterocycles. The first-order valence-corrected chi connectivity index (χ1v) is 7.18. The molecule has 0 radical (unpaired) electrons. The van der Waals surface area contributed by atoms with Gasteiger partial charge in [0.25, 0.3) is 0 Å². The molecule has 0 fully saturated rings. The van der Waals surface area contributed by atoms with E-state index >= 15 is 0 Å². The van der Waals surface area contributed by atoms with Crippen molar-refractivity contribution in [2.24, 2.45) is 0 Å². The van der Waals surface area contributed by atoms with Crippen LogP contribution in [0.1, 0.15) is 39.2 Å². The van der Waals surface area contributed by atoms with E-state index in [9.17, 15) is 0 Å². The van der Waals surface area contributed by atoms with Gasteiger partial charge in [0.1, 0.15) is 0 Å². The van der Waals surface area contributed by atoms with Crippen LogP contribution in [0.2, 0.25) is 10.0 Å². The molecule has 1 rings (SSSR count). The molecule has 1 aromatic rings. The average Bonchev–Trinajstić information content (AvgIpc) is 2.35. The summed E-state index contributed by atoms with van der Waals surface area (Å²) in [6.07, 6.45) is 2.03. The minimum Gasteiger partial charge on any atom is -0.490 e. The molecule has 0 aliphatic carbocycles. The number of hydrogen-bond acceptors (Lipinski definition) is 2. The zero-order valence-corrected chi connectivity index (χ0v) is 12.7. The maximum atomic E-state index is 6.18. The molecule has 1 unspecified atom stereocenters. The largest absolute Gasteiger partial charge is 0.490 e. The summed E-state index contributed by atoms with van der Waals surface area (Å²) in [7, 11) is 0.